The number of hydrogen-bond donors (Lipinski definition) is 2. The molecule has 0 bridgehead atoms. The molecular weight excluding hydrogens is 236 g/mol. The number of aromatic nitrogens is 1. The molecule has 1 aliphatic rings. The van der Waals surface area contributed by atoms with Crippen molar-refractivity contribution < 1.29 is 19.4 Å². The maximum atomic E-state index is 11.6. The highest BCUT2D eigenvalue weighted by Crippen LogP contribution is 2.38. The van der Waals surface area contributed by atoms with Gasteiger partial charge in [0.1, 0.15) is 0 Å². The van der Waals surface area contributed by atoms with Gasteiger partial charge in [-0.25, -0.2) is 4.98 Å². The number of nitrogens with zero attached hydrogens (tertiary/aromatic N) is 1. The predicted octanol–water partition coefficient (Wildman–Crippen LogP) is 0.427. The van der Waals surface area contributed by atoms with E-state index in [1.165, 1.54) is 7.11 Å². The van der Waals surface area contributed by atoms with Gasteiger partial charge in [-0.2, -0.15) is 0 Å². The Hall–Kier alpha value is -2.11. The average Bonchev–Trinajstić information content (AvgIpc) is 3.17. The Morgan fingerprint density at radius 1 is 1.50 bits per heavy atom. The van der Waals surface area contributed by atoms with E-state index in [0.29, 0.717) is 18.8 Å². The topological polar surface area (TPSA) is 88.5 Å². The fourth-order valence-electron chi connectivity index (χ4n) is 1.71. The minimum Gasteiger partial charge on any atom is -0.481 e. The van der Waals surface area contributed by atoms with E-state index >= 15 is 0 Å². The highest BCUT2D eigenvalue weighted by atomic mass is 16.5. The zero-order chi connectivity index (χ0) is 13.1. The molecule has 0 aliphatic heterocycles. The van der Waals surface area contributed by atoms with Crippen molar-refractivity contribution in [3.05, 3.63) is 23.9 Å². The first-order valence-electron chi connectivity index (χ1n) is 5.61. The molecular formula is C12H14N2O4. The van der Waals surface area contributed by atoms with Gasteiger partial charge in [-0.3, -0.25) is 9.59 Å². The molecule has 1 aromatic heterocycles. The molecule has 96 valence electrons. The molecule has 1 fully saturated rings. The SMILES string of the molecule is COc1ccc(CNC(=O)[C@@H]2C[C@@H]2C(=O)O)cn1. The number of rotatable bonds is 5. The van der Waals surface area contributed by atoms with Crippen LogP contribution in [0.15, 0.2) is 18.3 Å². The second-order valence-electron chi connectivity index (χ2n) is 4.21. The molecule has 1 amide bonds. The summed E-state index contributed by atoms with van der Waals surface area (Å²) in [5.41, 5.74) is 0.844. The number of methoxy groups -OCH3 is 1. The van der Waals surface area contributed by atoms with Crippen LogP contribution in [0.1, 0.15) is 12.0 Å². The maximum Gasteiger partial charge on any atom is 0.307 e. The van der Waals surface area contributed by atoms with Gasteiger partial charge in [0.25, 0.3) is 0 Å². The lowest BCUT2D eigenvalue weighted by molar-refractivity contribution is -0.140. The first-order valence-corrected chi connectivity index (χ1v) is 5.61. The number of nitrogens with one attached hydrogen (secondary N) is 1. The summed E-state index contributed by atoms with van der Waals surface area (Å²) in [6.45, 7) is 0.346. The molecule has 0 saturated heterocycles. The number of amides is 1. The summed E-state index contributed by atoms with van der Waals surface area (Å²) in [5.74, 6) is -1.50. The van der Waals surface area contributed by atoms with E-state index < -0.39 is 11.9 Å². The number of carboxylic acid groups (broad SMARTS) is 1. The zero-order valence-corrected chi connectivity index (χ0v) is 9.92. The van der Waals surface area contributed by atoms with E-state index in [4.69, 9.17) is 9.84 Å². The van der Waals surface area contributed by atoms with Crippen LogP contribution < -0.4 is 10.1 Å². The Balaban J connectivity index is 1.81. The Morgan fingerprint density at radius 3 is 2.78 bits per heavy atom. The van der Waals surface area contributed by atoms with Crippen molar-refractivity contribution in [1.82, 2.24) is 10.3 Å². The van der Waals surface area contributed by atoms with Gasteiger partial charge in [-0.15, -0.1) is 0 Å². The summed E-state index contributed by atoms with van der Waals surface area (Å²) < 4.78 is 4.92. The fourth-order valence-corrected chi connectivity index (χ4v) is 1.71. The van der Waals surface area contributed by atoms with E-state index in [0.717, 1.165) is 5.56 Å². The van der Waals surface area contributed by atoms with Crippen molar-refractivity contribution in [2.45, 2.75) is 13.0 Å². The molecule has 6 heteroatoms. The summed E-state index contributed by atoms with van der Waals surface area (Å²) in [6.07, 6.45) is 2.04. The van der Waals surface area contributed by atoms with Crippen LogP contribution in [-0.4, -0.2) is 29.1 Å². The van der Waals surface area contributed by atoms with Crippen LogP contribution >= 0.6 is 0 Å². The van der Waals surface area contributed by atoms with Gasteiger partial charge in [-0.1, -0.05) is 6.07 Å². The Labute approximate surface area is 104 Å². The molecule has 0 radical (unpaired) electrons. The van der Waals surface area contributed by atoms with Crippen molar-refractivity contribution in [3.8, 4) is 5.88 Å². The Kier molecular flexibility index (Phi) is 3.45. The normalized spacial score (nSPS) is 21.2. The lowest BCUT2D eigenvalue weighted by atomic mass is 10.2. The highest BCUT2D eigenvalue weighted by molar-refractivity contribution is 5.89. The van der Waals surface area contributed by atoms with Gasteiger partial charge in [-0.05, 0) is 12.0 Å². The van der Waals surface area contributed by atoms with E-state index in [9.17, 15) is 9.59 Å². The van der Waals surface area contributed by atoms with Crippen LogP contribution in [0.5, 0.6) is 5.88 Å². The van der Waals surface area contributed by atoms with Crippen molar-refractivity contribution in [2.75, 3.05) is 7.11 Å². The van der Waals surface area contributed by atoms with Crippen LogP contribution in [0.2, 0.25) is 0 Å². The third-order valence-electron chi connectivity index (χ3n) is 2.92. The third kappa shape index (κ3) is 2.77. The molecule has 0 aromatic carbocycles. The standard InChI is InChI=1S/C12H14N2O4/c1-18-10-3-2-7(5-13-10)6-14-11(15)8-4-9(8)12(16)17/h2-3,5,8-9H,4,6H2,1H3,(H,14,15)(H,16,17)/t8-,9+/m1/s1. The molecule has 2 atom stereocenters. The number of pyridine rings is 1. The van der Waals surface area contributed by atoms with Gasteiger partial charge >= 0.3 is 5.97 Å². The van der Waals surface area contributed by atoms with Gasteiger partial charge in [0.05, 0.1) is 18.9 Å². The summed E-state index contributed by atoms with van der Waals surface area (Å²) in [6, 6.07) is 3.51. The van der Waals surface area contributed by atoms with E-state index in [2.05, 4.69) is 10.3 Å². The van der Waals surface area contributed by atoms with Crippen molar-refractivity contribution in [1.29, 1.82) is 0 Å². The fraction of sp³-hybridized carbons (Fsp3) is 0.417. The second-order valence-corrected chi connectivity index (χ2v) is 4.21. The second kappa shape index (κ2) is 5.03. The summed E-state index contributed by atoms with van der Waals surface area (Å²) in [7, 11) is 1.53. The summed E-state index contributed by atoms with van der Waals surface area (Å²) in [5, 5.41) is 11.4. The maximum absolute atomic E-state index is 11.6. The molecule has 0 unspecified atom stereocenters. The van der Waals surface area contributed by atoms with Crippen molar-refractivity contribution >= 4 is 11.9 Å². The highest BCUT2D eigenvalue weighted by Gasteiger charge is 2.48. The Morgan fingerprint density at radius 2 is 2.28 bits per heavy atom. The Bertz CT molecular complexity index is 458. The first kappa shape index (κ1) is 12.3. The van der Waals surface area contributed by atoms with Crippen LogP contribution in [0.25, 0.3) is 0 Å². The van der Waals surface area contributed by atoms with Crippen LogP contribution in [0, 0.1) is 11.8 Å². The minimum atomic E-state index is -0.902. The zero-order valence-electron chi connectivity index (χ0n) is 9.92. The molecule has 0 spiro atoms. The molecule has 1 aromatic rings. The predicted molar refractivity (Wildman–Crippen MR) is 61.9 cm³/mol. The third-order valence-corrected chi connectivity index (χ3v) is 2.92. The van der Waals surface area contributed by atoms with Gasteiger partial charge < -0.3 is 15.2 Å². The summed E-state index contributed by atoms with van der Waals surface area (Å²) in [4.78, 5) is 26.2. The molecule has 1 saturated carbocycles. The molecule has 1 heterocycles. The monoisotopic (exact) mass is 250 g/mol. The van der Waals surface area contributed by atoms with Gasteiger partial charge in [0.2, 0.25) is 11.8 Å². The van der Waals surface area contributed by atoms with E-state index in [-0.39, 0.29) is 11.8 Å². The molecule has 2 rings (SSSR count). The van der Waals surface area contributed by atoms with Crippen molar-refractivity contribution in [3.63, 3.8) is 0 Å². The van der Waals surface area contributed by atoms with Crippen LogP contribution in [0.3, 0.4) is 0 Å². The quantitative estimate of drug-likeness (QED) is 0.791. The number of hydrogen-bond acceptors (Lipinski definition) is 4. The van der Waals surface area contributed by atoms with Gasteiger partial charge in [0, 0.05) is 18.8 Å². The number of carbonyl (C=O) groups is 2. The lowest BCUT2D eigenvalue weighted by Gasteiger charge is -2.05. The summed E-state index contributed by atoms with van der Waals surface area (Å²) >= 11 is 0. The van der Waals surface area contributed by atoms with E-state index in [1.807, 2.05) is 0 Å². The smallest absolute Gasteiger partial charge is 0.307 e. The molecule has 18 heavy (non-hydrogen) atoms. The molecule has 6 nitrogen and oxygen atoms in total. The number of ether oxygens (including phenoxy) is 1. The average molecular weight is 250 g/mol. The number of carbonyl (C=O) groups excluding carboxylic acids is 1. The van der Waals surface area contributed by atoms with Gasteiger partial charge in [0.15, 0.2) is 0 Å². The largest absolute Gasteiger partial charge is 0.481 e. The number of aliphatic carboxylic acids is 1. The van der Waals surface area contributed by atoms with Crippen molar-refractivity contribution in [2.24, 2.45) is 11.8 Å². The van der Waals surface area contributed by atoms with E-state index in [1.54, 1.807) is 18.3 Å². The molecule has 2 N–H and O–H groups in total. The van der Waals surface area contributed by atoms with Crippen LogP contribution in [-0.2, 0) is 16.1 Å². The lowest BCUT2D eigenvalue weighted by Crippen LogP contribution is -2.25. The minimum absolute atomic E-state index is 0.210. The number of carboxylic acids is 1. The molecule has 1 aliphatic carbocycles. The first-order chi connectivity index (χ1) is 8.61. The van der Waals surface area contributed by atoms with Crippen LogP contribution in [0.4, 0.5) is 0 Å².